The van der Waals surface area contributed by atoms with Crippen molar-refractivity contribution < 1.29 is 29.9 Å². The van der Waals surface area contributed by atoms with Crippen LogP contribution >= 0.6 is 0 Å². The van der Waals surface area contributed by atoms with Gasteiger partial charge >= 0.3 is 0 Å². The molecule has 0 aliphatic heterocycles. The molecule has 24 heavy (non-hydrogen) atoms. The van der Waals surface area contributed by atoms with E-state index >= 15 is 0 Å². The number of Topliss-reactive ketones (excluding diaryl/α,β-unsaturated/α-hetero) is 1. The maximum absolute atomic E-state index is 12.3. The Hall–Kier alpha value is -2.59. The Kier molecular flexibility index (Phi) is 6.74. The van der Waals surface area contributed by atoms with Crippen molar-refractivity contribution in [1.29, 1.82) is 0 Å². The van der Waals surface area contributed by atoms with Crippen LogP contribution in [0.15, 0.2) is 28.6 Å². The summed E-state index contributed by atoms with van der Waals surface area (Å²) in [6.07, 6.45) is 0.547. The maximum atomic E-state index is 12.3. The van der Waals surface area contributed by atoms with Crippen molar-refractivity contribution in [3.8, 4) is 0 Å². The summed E-state index contributed by atoms with van der Waals surface area (Å²) in [5.74, 6) is -0.849. The smallest absolute Gasteiger partial charge is 0.281 e. The molecule has 1 amide bonds. The Morgan fingerprint density at radius 3 is 2.54 bits per heavy atom. The van der Waals surface area contributed by atoms with Gasteiger partial charge in [-0.05, 0) is 30.5 Å². The lowest BCUT2D eigenvalue weighted by Crippen LogP contribution is -2.42. The summed E-state index contributed by atoms with van der Waals surface area (Å²) < 4.78 is 0. The molecule has 1 aliphatic rings. The molecule has 132 valence electrons. The van der Waals surface area contributed by atoms with Crippen molar-refractivity contribution in [3.05, 3.63) is 33.5 Å². The van der Waals surface area contributed by atoms with Crippen LogP contribution in [0, 0.1) is 16.0 Å². The number of hydrogen-bond donors (Lipinski definition) is 3. The van der Waals surface area contributed by atoms with E-state index in [9.17, 15) is 24.8 Å². The summed E-state index contributed by atoms with van der Waals surface area (Å²) in [6.45, 7) is 5.09. The highest BCUT2D eigenvalue weighted by Crippen LogP contribution is 2.18. The number of rotatable bonds is 7. The maximum Gasteiger partial charge on any atom is 0.281 e. The molecule has 3 N–H and O–H groups in total. The number of hydrogen-bond acceptors (Lipinski definition) is 8. The summed E-state index contributed by atoms with van der Waals surface area (Å²) in [5.41, 5.74) is -1.32. The van der Waals surface area contributed by atoms with Gasteiger partial charge in [0, 0.05) is 11.6 Å². The van der Waals surface area contributed by atoms with Crippen molar-refractivity contribution in [2.24, 2.45) is 11.1 Å². The minimum Gasteiger partial charge on any atom is -0.376 e. The molecule has 1 unspecified atom stereocenters. The first-order valence-electron chi connectivity index (χ1n) is 7.12. The minimum absolute atomic E-state index is 0.145. The third-order valence-corrected chi connectivity index (χ3v) is 3.29. The Bertz CT molecular complexity index is 622. The van der Waals surface area contributed by atoms with E-state index < -0.39 is 34.4 Å². The van der Waals surface area contributed by atoms with Gasteiger partial charge < -0.3 is 10.4 Å². The van der Waals surface area contributed by atoms with E-state index in [-0.39, 0.29) is 17.3 Å². The normalized spacial score (nSPS) is 20.2. The van der Waals surface area contributed by atoms with Crippen molar-refractivity contribution in [3.63, 3.8) is 0 Å². The zero-order chi connectivity index (χ0) is 18.4. The highest BCUT2D eigenvalue weighted by molar-refractivity contribution is 6.10. The Morgan fingerprint density at radius 2 is 2.08 bits per heavy atom. The van der Waals surface area contributed by atoms with Gasteiger partial charge in [-0.2, -0.15) is 5.26 Å². The van der Waals surface area contributed by atoms with Gasteiger partial charge in [0.2, 0.25) is 0 Å². The van der Waals surface area contributed by atoms with Crippen molar-refractivity contribution in [2.75, 3.05) is 0 Å². The Morgan fingerprint density at radius 1 is 1.46 bits per heavy atom. The van der Waals surface area contributed by atoms with Gasteiger partial charge in [-0.3, -0.25) is 19.7 Å². The van der Waals surface area contributed by atoms with Gasteiger partial charge in [-0.15, -0.1) is 0 Å². The van der Waals surface area contributed by atoms with E-state index in [1.165, 1.54) is 6.92 Å². The first-order valence-corrected chi connectivity index (χ1v) is 7.12. The first kappa shape index (κ1) is 19.5. The van der Waals surface area contributed by atoms with Gasteiger partial charge in [-0.1, -0.05) is 13.8 Å². The van der Waals surface area contributed by atoms with Crippen molar-refractivity contribution in [2.45, 2.75) is 39.3 Å². The number of aliphatic hydroxyl groups is 1. The average Bonchev–Trinajstić information content (AvgIpc) is 2.47. The monoisotopic (exact) mass is 341 g/mol. The zero-order valence-electron chi connectivity index (χ0n) is 13.4. The molecule has 0 bridgehead atoms. The Labute approximate surface area is 137 Å². The second-order valence-electron chi connectivity index (χ2n) is 5.69. The third kappa shape index (κ3) is 4.96. The van der Waals surface area contributed by atoms with Crippen LogP contribution < -0.4 is 5.32 Å². The number of nitrogens with one attached hydrogen (secondary N) is 1. The van der Waals surface area contributed by atoms with E-state index in [1.54, 1.807) is 0 Å². The van der Waals surface area contributed by atoms with E-state index in [0.29, 0.717) is 6.42 Å². The molecule has 1 rings (SSSR count). The van der Waals surface area contributed by atoms with Crippen molar-refractivity contribution >= 4 is 17.4 Å². The molecule has 0 aromatic heterocycles. The quantitative estimate of drug-likeness (QED) is 0.344. The molecule has 0 saturated heterocycles. The Balaban J connectivity index is 3.10. The lowest BCUT2D eigenvalue weighted by atomic mass is 9.97. The van der Waals surface area contributed by atoms with Crippen LogP contribution in [0.3, 0.4) is 0 Å². The van der Waals surface area contributed by atoms with E-state index in [2.05, 4.69) is 15.5 Å². The molecule has 0 aromatic carbocycles. The van der Waals surface area contributed by atoms with E-state index in [0.717, 1.165) is 12.2 Å². The third-order valence-electron chi connectivity index (χ3n) is 3.29. The molecule has 1 aliphatic carbocycles. The van der Waals surface area contributed by atoms with Gasteiger partial charge in [0.1, 0.15) is 5.71 Å². The fourth-order valence-corrected chi connectivity index (χ4v) is 2.12. The molecular weight excluding hydrogens is 322 g/mol. The molecule has 0 saturated carbocycles. The summed E-state index contributed by atoms with van der Waals surface area (Å²) in [7, 11) is 0. The molecule has 0 heterocycles. The molecule has 10 nitrogen and oxygen atoms in total. The minimum atomic E-state index is -1.76. The number of carbonyl (C=O) groups is 2. The first-order chi connectivity index (χ1) is 11.2. The summed E-state index contributed by atoms with van der Waals surface area (Å²) in [5, 5.41) is 34.6. The van der Waals surface area contributed by atoms with Crippen LogP contribution in [0.4, 0.5) is 0 Å². The summed E-state index contributed by atoms with van der Waals surface area (Å²) >= 11 is 0. The summed E-state index contributed by atoms with van der Waals surface area (Å²) in [4.78, 5) is 37.5. The molecular formula is C14H19N3O7. The van der Waals surface area contributed by atoms with Gasteiger partial charge in [0.25, 0.3) is 11.6 Å². The lowest BCUT2D eigenvalue weighted by Gasteiger charge is -2.19. The molecule has 0 radical (unpaired) electrons. The largest absolute Gasteiger partial charge is 0.376 e. The average molecular weight is 341 g/mol. The number of ketones is 1. The highest BCUT2D eigenvalue weighted by Gasteiger charge is 2.33. The van der Waals surface area contributed by atoms with Crippen molar-refractivity contribution in [1.82, 2.24) is 5.32 Å². The predicted molar refractivity (Wildman–Crippen MR) is 82.4 cm³/mol. The number of nitro groups is 1. The lowest BCUT2D eigenvalue weighted by molar-refractivity contribution is -0.433. The predicted octanol–water partition coefficient (Wildman–Crippen LogP) is 0.413. The molecule has 0 fully saturated rings. The van der Waals surface area contributed by atoms with Crippen LogP contribution in [0.5, 0.6) is 0 Å². The number of nitrogens with zero attached hydrogens (tertiary/aromatic N) is 2. The second-order valence-corrected chi connectivity index (χ2v) is 5.69. The van der Waals surface area contributed by atoms with Crippen LogP contribution in [0.1, 0.15) is 27.2 Å². The molecule has 0 aromatic rings. The molecule has 2 atom stereocenters. The number of amides is 1. The fourth-order valence-electron chi connectivity index (χ4n) is 2.12. The number of aliphatic hydroxyl groups excluding tert-OH is 1. The molecule has 10 heteroatoms. The van der Waals surface area contributed by atoms with Gasteiger partial charge in [-0.25, -0.2) is 4.99 Å². The highest BCUT2D eigenvalue weighted by atomic mass is 17.2. The van der Waals surface area contributed by atoms with Gasteiger partial charge in [0.05, 0.1) is 11.0 Å². The van der Waals surface area contributed by atoms with Crippen LogP contribution in [-0.4, -0.2) is 44.8 Å². The van der Waals surface area contributed by atoms with Crippen LogP contribution in [0.25, 0.3) is 0 Å². The topological polar surface area (TPSA) is 151 Å². The zero-order valence-corrected chi connectivity index (χ0v) is 13.4. The van der Waals surface area contributed by atoms with E-state index in [1.807, 2.05) is 13.8 Å². The number of oxime groups is 1. The van der Waals surface area contributed by atoms with Crippen LogP contribution in [0.2, 0.25) is 0 Å². The standard InChI is InChI=1S/C14H19N3O7/c1-7(2)4-10(8(3)18)15-14(20)9-5-11(16-24-23)13(19)12(6-9)17(21)22/h5-7,10,13,19,23H,4H2,1-3H3,(H,15,20)/t10-,13?/m0/s1. The van der Waals surface area contributed by atoms with Gasteiger partial charge in [0.15, 0.2) is 11.9 Å². The summed E-state index contributed by atoms with van der Waals surface area (Å²) in [6, 6.07) is -0.743. The SMILES string of the molecule is CC(=O)[C@H](CC(C)C)NC(=O)C1=CC(=NOO)C(O)C([N+](=O)[O-])=C1. The second kappa shape index (κ2) is 8.31. The fraction of sp³-hybridized carbons (Fsp3) is 0.500. The van der Waals surface area contributed by atoms with Crippen LogP contribution in [-0.2, 0) is 14.6 Å². The number of carbonyl (C=O) groups excluding carboxylic acids is 2. The molecule has 0 spiro atoms. The van der Waals surface area contributed by atoms with E-state index in [4.69, 9.17) is 5.26 Å².